The molecular weight excluding hydrogens is 372 g/mol. The van der Waals surface area contributed by atoms with E-state index in [0.29, 0.717) is 5.69 Å². The van der Waals surface area contributed by atoms with Crippen LogP contribution in [-0.4, -0.2) is 16.8 Å². The third-order valence-corrected chi connectivity index (χ3v) is 6.59. The minimum absolute atomic E-state index is 0.0399. The van der Waals surface area contributed by atoms with Crippen molar-refractivity contribution in [2.75, 3.05) is 4.90 Å². The summed E-state index contributed by atoms with van der Waals surface area (Å²) in [5.74, 6) is -1.12. The van der Waals surface area contributed by atoms with E-state index in [4.69, 9.17) is 0 Å². The number of aromatic amines is 1. The van der Waals surface area contributed by atoms with Crippen LogP contribution in [0.3, 0.4) is 0 Å². The minimum atomic E-state index is -0.470. The van der Waals surface area contributed by atoms with Gasteiger partial charge in [0.25, 0.3) is 0 Å². The van der Waals surface area contributed by atoms with Crippen LogP contribution in [0.25, 0.3) is 10.9 Å². The molecule has 1 saturated heterocycles. The molecule has 0 saturated carbocycles. The van der Waals surface area contributed by atoms with Crippen molar-refractivity contribution in [3.63, 3.8) is 0 Å². The van der Waals surface area contributed by atoms with Crippen LogP contribution >= 0.6 is 0 Å². The number of anilines is 1. The Bertz CT molecular complexity index is 1280. The van der Waals surface area contributed by atoms with E-state index in [1.165, 1.54) is 4.90 Å². The molecule has 1 aliphatic heterocycles. The van der Waals surface area contributed by atoms with Crippen molar-refractivity contribution < 1.29 is 9.59 Å². The van der Waals surface area contributed by atoms with Crippen LogP contribution in [0.5, 0.6) is 0 Å². The number of para-hydroxylation sites is 2. The van der Waals surface area contributed by atoms with Crippen LogP contribution in [0.2, 0.25) is 0 Å². The molecule has 4 aromatic rings. The molecule has 2 amide bonds. The van der Waals surface area contributed by atoms with Gasteiger partial charge in [-0.05, 0) is 35.7 Å². The molecule has 0 radical (unpaired) electrons. The van der Waals surface area contributed by atoms with Gasteiger partial charge in [0.05, 0.1) is 17.5 Å². The lowest BCUT2D eigenvalue weighted by Gasteiger charge is -2.31. The summed E-state index contributed by atoms with van der Waals surface area (Å²) in [5.41, 5.74) is 4.85. The van der Waals surface area contributed by atoms with Gasteiger partial charge >= 0.3 is 0 Å². The first-order chi connectivity index (χ1) is 14.7. The van der Waals surface area contributed by atoms with Gasteiger partial charge in [-0.15, -0.1) is 0 Å². The molecule has 0 bridgehead atoms. The first-order valence-electron chi connectivity index (χ1n) is 10.3. The maximum absolute atomic E-state index is 13.7. The van der Waals surface area contributed by atoms with E-state index in [0.717, 1.165) is 34.1 Å². The smallest absolute Gasteiger partial charge is 0.242 e. The molecule has 1 N–H and O–H groups in total. The average Bonchev–Trinajstić information content (AvgIpc) is 3.29. The van der Waals surface area contributed by atoms with Crippen LogP contribution in [0, 0.1) is 5.92 Å². The van der Waals surface area contributed by atoms with E-state index < -0.39 is 11.8 Å². The molecular formula is C26H20N2O2. The van der Waals surface area contributed by atoms with Crippen LogP contribution < -0.4 is 4.90 Å². The quantitative estimate of drug-likeness (QED) is 0.499. The first-order valence-corrected chi connectivity index (χ1v) is 10.3. The highest BCUT2D eigenvalue weighted by atomic mass is 16.2. The number of aromatic nitrogens is 1. The Morgan fingerprint density at radius 1 is 0.767 bits per heavy atom. The first kappa shape index (κ1) is 17.2. The lowest BCUT2D eigenvalue weighted by molar-refractivity contribution is -0.122. The summed E-state index contributed by atoms with van der Waals surface area (Å²) in [5, 5.41) is 1.05. The van der Waals surface area contributed by atoms with Crippen molar-refractivity contribution in [2.45, 2.75) is 18.3 Å². The lowest BCUT2D eigenvalue weighted by atomic mass is 9.69. The standard InChI is InChI=1S/C26H20N2O2/c29-25-23-19(16-9-3-1-4-10-16)15-21-22(18-13-7-8-14-20(18)27-21)24(23)26(30)28(25)17-11-5-2-6-12-17/h1-14,19,23-24,27H,15H2/t19-,23+,24-/m0/s1. The highest BCUT2D eigenvalue weighted by Gasteiger charge is 2.55. The molecule has 1 fully saturated rings. The van der Waals surface area contributed by atoms with Crippen molar-refractivity contribution >= 4 is 28.4 Å². The number of carbonyl (C=O) groups excluding carboxylic acids is 2. The van der Waals surface area contributed by atoms with E-state index in [1.807, 2.05) is 72.8 Å². The summed E-state index contributed by atoms with van der Waals surface area (Å²) in [7, 11) is 0. The number of imide groups is 1. The van der Waals surface area contributed by atoms with Crippen molar-refractivity contribution in [3.05, 3.63) is 102 Å². The minimum Gasteiger partial charge on any atom is -0.358 e. The van der Waals surface area contributed by atoms with Crippen LogP contribution in [-0.2, 0) is 16.0 Å². The van der Waals surface area contributed by atoms with Crippen molar-refractivity contribution in [2.24, 2.45) is 5.92 Å². The second kappa shape index (κ2) is 6.42. The Labute approximate surface area is 174 Å². The Kier molecular flexibility index (Phi) is 3.69. The number of fused-ring (bicyclic) bond motifs is 5. The molecule has 0 unspecified atom stereocenters. The number of benzene rings is 3. The largest absolute Gasteiger partial charge is 0.358 e. The molecule has 4 heteroatoms. The number of rotatable bonds is 2. The summed E-state index contributed by atoms with van der Waals surface area (Å²) >= 11 is 0. The number of hydrogen-bond donors (Lipinski definition) is 1. The number of nitrogens with one attached hydrogen (secondary N) is 1. The van der Waals surface area contributed by atoms with Gasteiger partial charge in [0.2, 0.25) is 11.8 Å². The molecule has 3 atom stereocenters. The SMILES string of the molecule is O=C1[C@@H]2[C@H](c3ccccc3)Cc3[nH]c4ccccc4c3[C@@H]2C(=O)N1c1ccccc1. The molecule has 2 aliphatic rings. The fourth-order valence-electron chi connectivity index (χ4n) is 5.34. The number of H-pyrrole nitrogens is 1. The summed E-state index contributed by atoms with van der Waals surface area (Å²) in [6.45, 7) is 0. The zero-order valence-electron chi connectivity index (χ0n) is 16.3. The Morgan fingerprint density at radius 2 is 1.43 bits per heavy atom. The van der Waals surface area contributed by atoms with Gasteiger partial charge < -0.3 is 4.98 Å². The summed E-state index contributed by atoms with van der Waals surface area (Å²) in [4.78, 5) is 32.4. The lowest BCUT2D eigenvalue weighted by Crippen LogP contribution is -2.32. The number of nitrogens with zero attached hydrogens (tertiary/aromatic N) is 1. The summed E-state index contributed by atoms with van der Waals surface area (Å²) in [6.07, 6.45) is 0.719. The molecule has 3 aromatic carbocycles. The van der Waals surface area contributed by atoms with Crippen LogP contribution in [0.15, 0.2) is 84.9 Å². The predicted octanol–water partition coefficient (Wildman–Crippen LogP) is 4.78. The molecule has 1 aromatic heterocycles. The zero-order valence-corrected chi connectivity index (χ0v) is 16.3. The second-order valence-corrected chi connectivity index (χ2v) is 8.14. The van der Waals surface area contributed by atoms with Crippen molar-refractivity contribution in [1.29, 1.82) is 0 Å². The van der Waals surface area contributed by atoms with E-state index in [9.17, 15) is 9.59 Å². The van der Waals surface area contributed by atoms with Gasteiger partial charge in [0.15, 0.2) is 0 Å². The molecule has 6 rings (SSSR count). The fraction of sp³-hybridized carbons (Fsp3) is 0.154. The van der Waals surface area contributed by atoms with E-state index in [1.54, 1.807) is 0 Å². The monoisotopic (exact) mass is 392 g/mol. The topological polar surface area (TPSA) is 53.2 Å². The molecule has 4 nitrogen and oxygen atoms in total. The fourth-order valence-corrected chi connectivity index (χ4v) is 5.34. The molecule has 146 valence electrons. The second-order valence-electron chi connectivity index (χ2n) is 8.14. The maximum Gasteiger partial charge on any atom is 0.242 e. The number of amides is 2. The van der Waals surface area contributed by atoms with E-state index in [-0.39, 0.29) is 17.7 Å². The maximum atomic E-state index is 13.7. The Balaban J connectivity index is 1.58. The predicted molar refractivity (Wildman–Crippen MR) is 116 cm³/mol. The molecule has 1 aliphatic carbocycles. The van der Waals surface area contributed by atoms with Gasteiger partial charge in [0, 0.05) is 22.5 Å². The number of hydrogen-bond acceptors (Lipinski definition) is 2. The van der Waals surface area contributed by atoms with Crippen molar-refractivity contribution in [3.8, 4) is 0 Å². The van der Waals surface area contributed by atoms with E-state index >= 15 is 0 Å². The Hall–Kier alpha value is -3.66. The molecule has 0 spiro atoms. The highest BCUT2D eigenvalue weighted by Crippen LogP contribution is 2.52. The third-order valence-electron chi connectivity index (χ3n) is 6.59. The van der Waals surface area contributed by atoms with Gasteiger partial charge in [-0.2, -0.15) is 0 Å². The highest BCUT2D eigenvalue weighted by molar-refractivity contribution is 6.25. The van der Waals surface area contributed by atoms with Gasteiger partial charge in [-0.25, -0.2) is 4.90 Å². The molecule has 30 heavy (non-hydrogen) atoms. The number of carbonyl (C=O) groups is 2. The van der Waals surface area contributed by atoms with Gasteiger partial charge in [-0.3, -0.25) is 9.59 Å². The van der Waals surface area contributed by atoms with Crippen molar-refractivity contribution in [1.82, 2.24) is 4.98 Å². The third kappa shape index (κ3) is 2.34. The van der Waals surface area contributed by atoms with Crippen LogP contribution in [0.1, 0.15) is 28.7 Å². The normalized spacial score (nSPS) is 22.9. The molecule has 2 heterocycles. The van der Waals surface area contributed by atoms with E-state index in [2.05, 4.69) is 17.1 Å². The van der Waals surface area contributed by atoms with Crippen LogP contribution in [0.4, 0.5) is 5.69 Å². The zero-order chi connectivity index (χ0) is 20.2. The van der Waals surface area contributed by atoms with Gasteiger partial charge in [0.1, 0.15) is 0 Å². The van der Waals surface area contributed by atoms with Gasteiger partial charge in [-0.1, -0.05) is 66.7 Å². The summed E-state index contributed by atoms with van der Waals surface area (Å²) < 4.78 is 0. The average molecular weight is 392 g/mol. The summed E-state index contributed by atoms with van der Waals surface area (Å²) in [6, 6.07) is 27.5. The Morgan fingerprint density at radius 3 is 2.20 bits per heavy atom.